The lowest BCUT2D eigenvalue weighted by molar-refractivity contribution is 0.516. The fraction of sp³-hybridized carbons (Fsp3) is 0.429. The fourth-order valence-electron chi connectivity index (χ4n) is 2.19. The van der Waals surface area contributed by atoms with Crippen LogP contribution in [0, 0.1) is 0 Å². The van der Waals surface area contributed by atoms with Gasteiger partial charge in [-0.05, 0) is 30.7 Å². The summed E-state index contributed by atoms with van der Waals surface area (Å²) in [6, 6.07) is 8.36. The van der Waals surface area contributed by atoms with Crippen molar-refractivity contribution in [2.45, 2.75) is 25.8 Å². The molecule has 0 bridgehead atoms. The number of aryl methyl sites for hydroxylation is 1. The summed E-state index contributed by atoms with van der Waals surface area (Å²) in [7, 11) is 1.88. The van der Waals surface area contributed by atoms with Crippen LogP contribution in [0.2, 0.25) is 5.02 Å². The highest BCUT2D eigenvalue weighted by molar-refractivity contribution is 6.30. The summed E-state index contributed by atoms with van der Waals surface area (Å²) in [5.74, 6) is 0. The van der Waals surface area contributed by atoms with E-state index in [1.165, 1.54) is 5.56 Å². The van der Waals surface area contributed by atoms with E-state index in [0.717, 1.165) is 30.1 Å². The highest BCUT2D eigenvalue weighted by Crippen LogP contribution is 2.13. The molecule has 102 valence electrons. The van der Waals surface area contributed by atoms with Gasteiger partial charge in [-0.3, -0.25) is 4.68 Å². The van der Waals surface area contributed by atoms with Crippen molar-refractivity contribution in [2.75, 3.05) is 6.54 Å². The molecule has 0 aliphatic rings. The Labute approximate surface area is 118 Å². The van der Waals surface area contributed by atoms with Crippen LogP contribution in [0.3, 0.4) is 0 Å². The molecular weight excluding hydrogens is 260 g/mol. The predicted molar refractivity (Wildman–Crippen MR) is 77.3 cm³/mol. The summed E-state index contributed by atoms with van der Waals surface area (Å²) < 4.78 is 1.73. The number of hydrogen-bond donors (Lipinski definition) is 1. The lowest BCUT2D eigenvalue weighted by atomic mass is 10.0. The second kappa shape index (κ2) is 6.68. The van der Waals surface area contributed by atoms with Crippen LogP contribution < -0.4 is 5.32 Å². The molecule has 4 nitrogen and oxygen atoms in total. The topological polar surface area (TPSA) is 42.7 Å². The molecular formula is C14H19ClN4. The van der Waals surface area contributed by atoms with Crippen LogP contribution in [0.15, 0.2) is 30.5 Å². The zero-order chi connectivity index (χ0) is 13.7. The molecule has 1 heterocycles. The van der Waals surface area contributed by atoms with Crippen LogP contribution in [0.4, 0.5) is 0 Å². The van der Waals surface area contributed by atoms with E-state index in [2.05, 4.69) is 28.6 Å². The number of nitrogens with one attached hydrogen (secondary N) is 1. The Bertz CT molecular complexity index is 524. The molecule has 1 N–H and O–H groups in total. The summed E-state index contributed by atoms with van der Waals surface area (Å²) in [5.41, 5.74) is 2.25. The van der Waals surface area contributed by atoms with E-state index in [1.54, 1.807) is 4.68 Å². The summed E-state index contributed by atoms with van der Waals surface area (Å²) in [5, 5.41) is 12.4. The van der Waals surface area contributed by atoms with Gasteiger partial charge >= 0.3 is 0 Å². The van der Waals surface area contributed by atoms with Crippen molar-refractivity contribution in [1.29, 1.82) is 0 Å². The first kappa shape index (κ1) is 14.0. The molecule has 0 saturated carbocycles. The fourth-order valence-corrected chi connectivity index (χ4v) is 2.41. The molecule has 1 atom stereocenters. The smallest absolute Gasteiger partial charge is 0.0842 e. The highest BCUT2D eigenvalue weighted by atomic mass is 35.5. The first-order valence-corrected chi connectivity index (χ1v) is 6.88. The summed E-state index contributed by atoms with van der Waals surface area (Å²) >= 11 is 6.02. The van der Waals surface area contributed by atoms with Gasteiger partial charge in [0.1, 0.15) is 0 Å². The normalized spacial score (nSPS) is 12.6. The molecule has 2 aromatic rings. The van der Waals surface area contributed by atoms with Crippen LogP contribution in [0.1, 0.15) is 18.2 Å². The number of nitrogens with zero attached hydrogens (tertiary/aromatic N) is 3. The summed E-state index contributed by atoms with van der Waals surface area (Å²) in [4.78, 5) is 0. The molecule has 0 spiro atoms. The molecule has 0 radical (unpaired) electrons. The lowest BCUT2D eigenvalue weighted by Crippen LogP contribution is -2.33. The van der Waals surface area contributed by atoms with Crippen molar-refractivity contribution in [3.05, 3.63) is 46.7 Å². The van der Waals surface area contributed by atoms with Gasteiger partial charge in [-0.2, -0.15) is 0 Å². The minimum atomic E-state index is 0.347. The molecule has 0 aliphatic heterocycles. The van der Waals surface area contributed by atoms with Gasteiger partial charge in [0.05, 0.1) is 5.69 Å². The van der Waals surface area contributed by atoms with Gasteiger partial charge in [0.15, 0.2) is 0 Å². The van der Waals surface area contributed by atoms with E-state index in [0.29, 0.717) is 6.04 Å². The van der Waals surface area contributed by atoms with E-state index in [-0.39, 0.29) is 0 Å². The van der Waals surface area contributed by atoms with Crippen LogP contribution in [0.25, 0.3) is 0 Å². The molecule has 2 rings (SSSR count). The number of rotatable bonds is 6. The van der Waals surface area contributed by atoms with Crippen LogP contribution in [-0.2, 0) is 19.9 Å². The van der Waals surface area contributed by atoms with E-state index in [4.69, 9.17) is 11.6 Å². The van der Waals surface area contributed by atoms with Crippen LogP contribution >= 0.6 is 11.6 Å². The maximum Gasteiger partial charge on any atom is 0.0842 e. The zero-order valence-electron chi connectivity index (χ0n) is 11.3. The molecule has 0 fully saturated rings. The van der Waals surface area contributed by atoms with E-state index >= 15 is 0 Å². The van der Waals surface area contributed by atoms with Crippen molar-refractivity contribution >= 4 is 11.6 Å². The lowest BCUT2D eigenvalue weighted by Gasteiger charge is -2.16. The minimum absolute atomic E-state index is 0.347. The first-order valence-electron chi connectivity index (χ1n) is 6.50. The average molecular weight is 279 g/mol. The molecule has 0 amide bonds. The molecule has 0 saturated heterocycles. The number of hydrogen-bond acceptors (Lipinski definition) is 3. The van der Waals surface area contributed by atoms with Crippen molar-refractivity contribution in [3.8, 4) is 0 Å². The Morgan fingerprint density at radius 3 is 2.84 bits per heavy atom. The maximum absolute atomic E-state index is 6.02. The number of aromatic nitrogens is 3. The third kappa shape index (κ3) is 4.33. The van der Waals surface area contributed by atoms with Crippen LogP contribution in [-0.4, -0.2) is 27.6 Å². The second-order valence-electron chi connectivity index (χ2n) is 4.68. The Kier molecular flexibility index (Phi) is 4.93. The Morgan fingerprint density at radius 1 is 1.37 bits per heavy atom. The zero-order valence-corrected chi connectivity index (χ0v) is 12.1. The number of benzene rings is 1. The predicted octanol–water partition coefficient (Wildman–Crippen LogP) is 2.23. The quantitative estimate of drug-likeness (QED) is 0.881. The van der Waals surface area contributed by atoms with Gasteiger partial charge in [-0.15, -0.1) is 5.10 Å². The molecule has 0 aliphatic carbocycles. The molecule has 5 heteroatoms. The van der Waals surface area contributed by atoms with Gasteiger partial charge in [0.2, 0.25) is 0 Å². The van der Waals surface area contributed by atoms with E-state index in [9.17, 15) is 0 Å². The molecule has 19 heavy (non-hydrogen) atoms. The van der Waals surface area contributed by atoms with Crippen LogP contribution in [0.5, 0.6) is 0 Å². The minimum Gasteiger partial charge on any atom is -0.314 e. The van der Waals surface area contributed by atoms with Crippen molar-refractivity contribution < 1.29 is 0 Å². The SMILES string of the molecule is CCNC(Cc1cccc(Cl)c1)Cc1cn(C)nn1. The molecule has 1 aromatic carbocycles. The molecule has 1 unspecified atom stereocenters. The Hall–Kier alpha value is -1.39. The summed E-state index contributed by atoms with van der Waals surface area (Å²) in [6.45, 7) is 3.05. The van der Waals surface area contributed by atoms with Crippen molar-refractivity contribution in [3.63, 3.8) is 0 Å². The largest absolute Gasteiger partial charge is 0.314 e. The van der Waals surface area contributed by atoms with Gasteiger partial charge < -0.3 is 5.32 Å². The standard InChI is InChI=1S/C14H19ClN4/c1-3-16-13(9-14-10-19(2)18-17-14)8-11-5-4-6-12(15)7-11/h4-7,10,13,16H,3,8-9H2,1-2H3. The van der Waals surface area contributed by atoms with Crippen molar-refractivity contribution in [2.24, 2.45) is 7.05 Å². The molecule has 1 aromatic heterocycles. The Balaban J connectivity index is 2.03. The van der Waals surface area contributed by atoms with E-state index < -0.39 is 0 Å². The first-order chi connectivity index (χ1) is 9.17. The van der Waals surface area contributed by atoms with E-state index in [1.807, 2.05) is 31.4 Å². The van der Waals surface area contributed by atoms with Gasteiger partial charge in [-0.25, -0.2) is 0 Å². The maximum atomic E-state index is 6.02. The number of halogens is 1. The Morgan fingerprint density at radius 2 is 2.21 bits per heavy atom. The average Bonchev–Trinajstić information content (AvgIpc) is 2.75. The monoisotopic (exact) mass is 278 g/mol. The third-order valence-electron chi connectivity index (χ3n) is 2.97. The summed E-state index contributed by atoms with van der Waals surface area (Å²) in [6.07, 6.45) is 3.77. The van der Waals surface area contributed by atoms with Gasteiger partial charge in [0.25, 0.3) is 0 Å². The third-order valence-corrected chi connectivity index (χ3v) is 3.20. The second-order valence-corrected chi connectivity index (χ2v) is 5.11. The van der Waals surface area contributed by atoms with Gasteiger partial charge in [0, 0.05) is 30.7 Å². The van der Waals surface area contributed by atoms with Gasteiger partial charge in [-0.1, -0.05) is 35.9 Å². The highest BCUT2D eigenvalue weighted by Gasteiger charge is 2.12. The number of likely N-dealkylation sites (N-methyl/N-ethyl adjacent to an activating group) is 1. The van der Waals surface area contributed by atoms with Crippen molar-refractivity contribution in [1.82, 2.24) is 20.3 Å².